The predicted molar refractivity (Wildman–Crippen MR) is 155 cm³/mol. The zero-order chi connectivity index (χ0) is 26.7. The molecule has 192 valence electrons. The fraction of sp³-hybridized carbons (Fsp3) is 0.0882. The number of imidazole rings is 1. The van der Waals surface area contributed by atoms with Crippen LogP contribution in [0.3, 0.4) is 0 Å². The van der Waals surface area contributed by atoms with Gasteiger partial charge in [0.2, 0.25) is 5.75 Å². The number of nitrogens with zero attached hydrogens (tertiary/aromatic N) is 1. The first-order chi connectivity index (χ1) is 19.1. The number of nitrogens with one attached hydrogen (secondary N) is 1. The topological polar surface area (TPSA) is 67.4 Å². The SMILES string of the molecule is CC1(Oc2cc(-c3nc(-c4ccccc4)c(-c4ccccc4)[nH]3)cc(Oc3ccccc3)c2O)C=CC=CC1. The van der Waals surface area contributed by atoms with Crippen molar-refractivity contribution in [3.05, 3.63) is 127 Å². The van der Waals surface area contributed by atoms with Crippen molar-refractivity contribution in [3.8, 4) is 56.9 Å². The van der Waals surface area contributed by atoms with E-state index < -0.39 is 5.60 Å². The van der Waals surface area contributed by atoms with Crippen molar-refractivity contribution in [1.82, 2.24) is 9.97 Å². The smallest absolute Gasteiger partial charge is 0.201 e. The largest absolute Gasteiger partial charge is 0.502 e. The fourth-order valence-corrected chi connectivity index (χ4v) is 4.65. The lowest BCUT2D eigenvalue weighted by Gasteiger charge is -2.29. The van der Waals surface area contributed by atoms with Gasteiger partial charge >= 0.3 is 0 Å². The quantitative estimate of drug-likeness (QED) is 0.229. The van der Waals surface area contributed by atoms with Crippen molar-refractivity contribution >= 4 is 0 Å². The van der Waals surface area contributed by atoms with Gasteiger partial charge in [0.15, 0.2) is 11.5 Å². The van der Waals surface area contributed by atoms with Crippen LogP contribution < -0.4 is 9.47 Å². The van der Waals surface area contributed by atoms with Gasteiger partial charge < -0.3 is 19.6 Å². The fourth-order valence-electron chi connectivity index (χ4n) is 4.65. The highest BCUT2D eigenvalue weighted by atomic mass is 16.5. The third kappa shape index (κ3) is 5.20. The highest BCUT2D eigenvalue weighted by Crippen LogP contribution is 2.45. The number of aromatic nitrogens is 2. The Morgan fingerprint density at radius 2 is 1.41 bits per heavy atom. The molecule has 0 bridgehead atoms. The molecule has 0 saturated heterocycles. The van der Waals surface area contributed by atoms with Crippen LogP contribution in [0.1, 0.15) is 13.3 Å². The lowest BCUT2D eigenvalue weighted by Crippen LogP contribution is -2.30. The second-order valence-electron chi connectivity index (χ2n) is 9.68. The molecule has 0 spiro atoms. The summed E-state index contributed by atoms with van der Waals surface area (Å²) in [6.45, 7) is 1.99. The predicted octanol–water partition coefficient (Wildman–Crippen LogP) is 8.56. The Morgan fingerprint density at radius 3 is 2.08 bits per heavy atom. The van der Waals surface area contributed by atoms with Crippen LogP contribution in [0.2, 0.25) is 0 Å². The van der Waals surface area contributed by atoms with Gasteiger partial charge in [-0.25, -0.2) is 4.98 Å². The molecule has 4 aromatic carbocycles. The zero-order valence-electron chi connectivity index (χ0n) is 21.5. The summed E-state index contributed by atoms with van der Waals surface area (Å²) in [7, 11) is 0. The Morgan fingerprint density at radius 1 is 0.769 bits per heavy atom. The molecule has 5 nitrogen and oxygen atoms in total. The van der Waals surface area contributed by atoms with Crippen molar-refractivity contribution in [1.29, 1.82) is 0 Å². The summed E-state index contributed by atoms with van der Waals surface area (Å²) in [5, 5.41) is 11.3. The zero-order valence-corrected chi connectivity index (χ0v) is 21.5. The van der Waals surface area contributed by atoms with Crippen molar-refractivity contribution < 1.29 is 14.6 Å². The van der Waals surface area contributed by atoms with Gasteiger partial charge in [-0.1, -0.05) is 97.1 Å². The van der Waals surface area contributed by atoms with Crippen LogP contribution in [0.4, 0.5) is 0 Å². The van der Waals surface area contributed by atoms with Crippen LogP contribution in [-0.4, -0.2) is 20.7 Å². The minimum atomic E-state index is -0.609. The Bertz CT molecular complexity index is 1580. The molecule has 1 aliphatic carbocycles. The number of rotatable bonds is 7. The molecule has 0 fully saturated rings. The summed E-state index contributed by atoms with van der Waals surface area (Å²) in [4.78, 5) is 8.57. The van der Waals surface area contributed by atoms with Gasteiger partial charge in [0, 0.05) is 23.1 Å². The highest BCUT2D eigenvalue weighted by Gasteiger charge is 2.27. The number of hydrogen-bond acceptors (Lipinski definition) is 4. The maximum absolute atomic E-state index is 11.3. The third-order valence-electron chi connectivity index (χ3n) is 6.66. The van der Waals surface area contributed by atoms with Crippen LogP contribution in [0, 0.1) is 0 Å². The highest BCUT2D eigenvalue weighted by molar-refractivity contribution is 5.82. The van der Waals surface area contributed by atoms with E-state index in [4.69, 9.17) is 14.5 Å². The van der Waals surface area contributed by atoms with Crippen molar-refractivity contribution in [3.63, 3.8) is 0 Å². The second kappa shape index (κ2) is 10.4. The number of para-hydroxylation sites is 1. The normalized spacial score (nSPS) is 16.2. The van der Waals surface area contributed by atoms with Crippen LogP contribution >= 0.6 is 0 Å². The van der Waals surface area contributed by atoms with E-state index in [0.29, 0.717) is 23.7 Å². The first kappa shape index (κ1) is 24.3. The maximum atomic E-state index is 11.3. The average Bonchev–Trinajstić information content (AvgIpc) is 3.43. The molecule has 5 aromatic rings. The van der Waals surface area contributed by atoms with Crippen molar-refractivity contribution in [2.45, 2.75) is 18.9 Å². The first-order valence-corrected chi connectivity index (χ1v) is 12.9. The van der Waals surface area contributed by atoms with Gasteiger partial charge in [-0.2, -0.15) is 0 Å². The number of hydrogen-bond donors (Lipinski definition) is 2. The molecule has 0 radical (unpaired) electrons. The summed E-state index contributed by atoms with van der Waals surface area (Å²) in [6.07, 6.45) is 8.66. The maximum Gasteiger partial charge on any atom is 0.201 e. The van der Waals surface area contributed by atoms with E-state index in [1.807, 2.05) is 116 Å². The first-order valence-electron chi connectivity index (χ1n) is 12.9. The molecule has 5 heteroatoms. The number of ether oxygens (including phenoxy) is 2. The Balaban J connectivity index is 1.49. The number of allylic oxidation sites excluding steroid dienone is 2. The van der Waals surface area contributed by atoms with Crippen LogP contribution in [0.25, 0.3) is 33.9 Å². The average molecular weight is 513 g/mol. The molecule has 0 saturated carbocycles. The number of aromatic hydroxyl groups is 1. The van der Waals surface area contributed by atoms with Gasteiger partial charge in [0.05, 0.1) is 11.4 Å². The minimum Gasteiger partial charge on any atom is -0.502 e. The van der Waals surface area contributed by atoms with E-state index in [1.165, 1.54) is 0 Å². The molecular weight excluding hydrogens is 484 g/mol. The molecule has 39 heavy (non-hydrogen) atoms. The molecule has 1 unspecified atom stereocenters. The molecule has 0 aliphatic heterocycles. The molecule has 0 amide bonds. The number of aromatic amines is 1. The Kier molecular flexibility index (Phi) is 6.47. The third-order valence-corrected chi connectivity index (χ3v) is 6.66. The molecule has 1 heterocycles. The standard InChI is InChI=1S/C34H28N2O3/c1-34(20-12-5-13-21-34)39-29-23-26(22-28(32(29)37)38-27-18-10-4-11-19-27)33-35-30(24-14-6-2-7-15-24)31(36-33)25-16-8-3-9-17-25/h2-20,22-23,37H,21H2,1H3,(H,35,36). The summed E-state index contributed by atoms with van der Waals surface area (Å²) in [5.41, 5.74) is 3.89. The number of phenolic OH excluding ortho intramolecular Hbond substituents is 1. The van der Waals surface area contributed by atoms with Crippen LogP contribution in [0.5, 0.6) is 23.0 Å². The number of benzene rings is 4. The minimum absolute atomic E-state index is 0.0649. The van der Waals surface area contributed by atoms with Gasteiger partial charge in [-0.3, -0.25) is 0 Å². The van der Waals surface area contributed by atoms with Gasteiger partial charge in [0.1, 0.15) is 17.2 Å². The number of H-pyrrole nitrogens is 1. The van der Waals surface area contributed by atoms with Crippen molar-refractivity contribution in [2.75, 3.05) is 0 Å². The van der Waals surface area contributed by atoms with E-state index in [0.717, 1.165) is 28.1 Å². The summed E-state index contributed by atoms with van der Waals surface area (Å²) in [5.74, 6) is 1.79. The molecular formula is C34H28N2O3. The lowest BCUT2D eigenvalue weighted by molar-refractivity contribution is 0.137. The van der Waals surface area contributed by atoms with Gasteiger partial charge in [-0.05, 0) is 37.3 Å². The molecule has 1 aliphatic rings. The van der Waals surface area contributed by atoms with Crippen molar-refractivity contribution in [2.24, 2.45) is 0 Å². The van der Waals surface area contributed by atoms with E-state index in [1.54, 1.807) is 6.07 Å². The molecule has 2 N–H and O–H groups in total. The van der Waals surface area contributed by atoms with E-state index in [2.05, 4.69) is 17.1 Å². The Hall–Kier alpha value is -5.03. The molecule has 6 rings (SSSR count). The van der Waals surface area contributed by atoms with E-state index in [-0.39, 0.29) is 11.5 Å². The Labute approximate surface area is 227 Å². The van der Waals surface area contributed by atoms with Gasteiger partial charge in [0.25, 0.3) is 0 Å². The summed E-state index contributed by atoms with van der Waals surface area (Å²) >= 11 is 0. The second-order valence-corrected chi connectivity index (χ2v) is 9.68. The number of phenols is 1. The van der Waals surface area contributed by atoms with Gasteiger partial charge in [-0.15, -0.1) is 0 Å². The van der Waals surface area contributed by atoms with Crippen LogP contribution in [-0.2, 0) is 0 Å². The van der Waals surface area contributed by atoms with E-state index in [9.17, 15) is 5.11 Å². The lowest BCUT2D eigenvalue weighted by atomic mass is 9.97. The summed E-state index contributed by atoms with van der Waals surface area (Å²) in [6, 6.07) is 33.2. The monoisotopic (exact) mass is 512 g/mol. The summed E-state index contributed by atoms with van der Waals surface area (Å²) < 4.78 is 12.5. The van der Waals surface area contributed by atoms with E-state index >= 15 is 0 Å². The molecule has 1 atom stereocenters. The van der Waals surface area contributed by atoms with Crippen LogP contribution in [0.15, 0.2) is 127 Å². The molecule has 1 aromatic heterocycles.